The average Bonchev–Trinajstić information content (AvgIpc) is 3.26. The average molecular weight is 349 g/mol. The van der Waals surface area contributed by atoms with Gasteiger partial charge < -0.3 is 14.4 Å². The first-order chi connectivity index (χ1) is 12.5. The SMILES string of the molecule is Cc1ccc2nc(C(=O)N3C[C@H](C(=O)O)[C@@H](c4ccccc4)C3)cn2c1. The zero-order valence-electron chi connectivity index (χ0n) is 14.4. The van der Waals surface area contributed by atoms with Gasteiger partial charge in [-0.05, 0) is 24.1 Å². The third-order valence-corrected chi connectivity index (χ3v) is 4.97. The Morgan fingerprint density at radius 3 is 2.58 bits per heavy atom. The van der Waals surface area contributed by atoms with Crippen LogP contribution in [0.25, 0.3) is 5.65 Å². The molecule has 2 aromatic heterocycles. The van der Waals surface area contributed by atoms with Crippen LogP contribution in [0, 0.1) is 12.8 Å². The lowest BCUT2D eigenvalue weighted by atomic mass is 9.89. The van der Waals surface area contributed by atoms with Gasteiger partial charge in [-0.15, -0.1) is 0 Å². The molecule has 1 aliphatic rings. The molecule has 6 nitrogen and oxygen atoms in total. The molecular formula is C20H19N3O3. The minimum absolute atomic E-state index is 0.195. The van der Waals surface area contributed by atoms with Gasteiger partial charge in [0.25, 0.3) is 5.91 Å². The van der Waals surface area contributed by atoms with Crippen LogP contribution in [0.2, 0.25) is 0 Å². The molecule has 0 spiro atoms. The highest BCUT2D eigenvalue weighted by Gasteiger charge is 2.41. The molecule has 132 valence electrons. The van der Waals surface area contributed by atoms with Crippen molar-refractivity contribution in [3.05, 3.63) is 71.7 Å². The molecule has 1 aliphatic heterocycles. The van der Waals surface area contributed by atoms with Gasteiger partial charge >= 0.3 is 5.97 Å². The Bertz CT molecular complexity index is 980. The number of carboxylic acids is 1. The summed E-state index contributed by atoms with van der Waals surface area (Å²) in [6, 6.07) is 13.3. The summed E-state index contributed by atoms with van der Waals surface area (Å²) in [7, 11) is 0. The quantitative estimate of drug-likeness (QED) is 0.789. The molecule has 4 rings (SSSR count). The van der Waals surface area contributed by atoms with Crippen LogP contribution in [0.15, 0.2) is 54.9 Å². The molecule has 0 unspecified atom stereocenters. The van der Waals surface area contributed by atoms with Crippen LogP contribution in [-0.2, 0) is 4.79 Å². The monoisotopic (exact) mass is 349 g/mol. The summed E-state index contributed by atoms with van der Waals surface area (Å²) in [6.45, 7) is 2.55. The fourth-order valence-corrected chi connectivity index (χ4v) is 3.63. The van der Waals surface area contributed by atoms with Gasteiger partial charge in [-0.2, -0.15) is 0 Å². The largest absolute Gasteiger partial charge is 0.481 e. The van der Waals surface area contributed by atoms with Crippen LogP contribution >= 0.6 is 0 Å². The van der Waals surface area contributed by atoms with Gasteiger partial charge in [-0.1, -0.05) is 36.4 Å². The number of amides is 1. The van der Waals surface area contributed by atoms with Crippen LogP contribution in [0.5, 0.6) is 0 Å². The second kappa shape index (κ2) is 6.29. The van der Waals surface area contributed by atoms with Gasteiger partial charge in [-0.3, -0.25) is 9.59 Å². The minimum atomic E-state index is -0.875. The molecule has 0 aliphatic carbocycles. The highest BCUT2D eigenvalue weighted by Crippen LogP contribution is 2.33. The smallest absolute Gasteiger partial charge is 0.308 e. The Kier molecular flexibility index (Phi) is 3.95. The molecule has 0 bridgehead atoms. The Hall–Kier alpha value is -3.15. The molecule has 1 saturated heterocycles. The number of likely N-dealkylation sites (tertiary alicyclic amines) is 1. The topological polar surface area (TPSA) is 74.9 Å². The Labute approximate surface area is 150 Å². The number of fused-ring (bicyclic) bond motifs is 1. The first kappa shape index (κ1) is 16.3. The number of aryl methyl sites for hydroxylation is 1. The zero-order chi connectivity index (χ0) is 18.3. The minimum Gasteiger partial charge on any atom is -0.481 e. The molecule has 0 saturated carbocycles. The Balaban J connectivity index is 1.62. The van der Waals surface area contributed by atoms with Crippen molar-refractivity contribution >= 4 is 17.5 Å². The summed E-state index contributed by atoms with van der Waals surface area (Å²) in [6.07, 6.45) is 3.62. The van der Waals surface area contributed by atoms with Gasteiger partial charge in [-0.25, -0.2) is 4.98 Å². The second-order valence-electron chi connectivity index (χ2n) is 6.77. The van der Waals surface area contributed by atoms with E-state index >= 15 is 0 Å². The number of carbonyl (C=O) groups is 2. The summed E-state index contributed by atoms with van der Waals surface area (Å²) in [5.74, 6) is -1.92. The lowest BCUT2D eigenvalue weighted by Gasteiger charge is -2.15. The molecule has 1 aromatic carbocycles. The zero-order valence-corrected chi connectivity index (χ0v) is 14.4. The maximum Gasteiger partial charge on any atom is 0.308 e. The molecular weight excluding hydrogens is 330 g/mol. The van der Waals surface area contributed by atoms with E-state index in [9.17, 15) is 14.7 Å². The Morgan fingerprint density at radius 2 is 1.85 bits per heavy atom. The maximum atomic E-state index is 12.9. The van der Waals surface area contributed by atoms with Crippen molar-refractivity contribution in [1.82, 2.24) is 14.3 Å². The predicted molar refractivity (Wildman–Crippen MR) is 96.1 cm³/mol. The Morgan fingerprint density at radius 1 is 1.08 bits per heavy atom. The van der Waals surface area contributed by atoms with Gasteiger partial charge in [0.2, 0.25) is 0 Å². The van der Waals surface area contributed by atoms with Gasteiger partial charge in [0.05, 0.1) is 5.92 Å². The van der Waals surface area contributed by atoms with E-state index in [1.54, 1.807) is 11.1 Å². The van der Waals surface area contributed by atoms with Crippen LogP contribution in [-0.4, -0.2) is 44.4 Å². The lowest BCUT2D eigenvalue weighted by Crippen LogP contribution is -2.30. The van der Waals surface area contributed by atoms with Crippen LogP contribution < -0.4 is 0 Å². The van der Waals surface area contributed by atoms with Crippen molar-refractivity contribution in [2.45, 2.75) is 12.8 Å². The predicted octanol–water partition coefficient (Wildman–Crippen LogP) is 2.58. The maximum absolute atomic E-state index is 12.9. The summed E-state index contributed by atoms with van der Waals surface area (Å²) < 4.78 is 1.82. The summed E-state index contributed by atoms with van der Waals surface area (Å²) in [4.78, 5) is 30.6. The number of pyridine rings is 1. The van der Waals surface area contributed by atoms with E-state index in [0.717, 1.165) is 11.1 Å². The standard InChI is InChI=1S/C20H19N3O3/c1-13-7-8-18-21-17(12-22(18)9-13)19(24)23-10-15(16(11-23)20(25)26)14-5-3-2-4-6-14/h2-9,12,15-16H,10-11H2,1H3,(H,25,26)/t15-,16+/m1/s1. The lowest BCUT2D eigenvalue weighted by molar-refractivity contribution is -0.141. The van der Waals surface area contributed by atoms with E-state index in [0.29, 0.717) is 17.9 Å². The molecule has 3 heterocycles. The van der Waals surface area contributed by atoms with E-state index in [2.05, 4.69) is 4.98 Å². The number of aromatic nitrogens is 2. The van der Waals surface area contributed by atoms with E-state index in [-0.39, 0.29) is 18.4 Å². The number of aliphatic carboxylic acids is 1. The highest BCUT2D eigenvalue weighted by atomic mass is 16.4. The number of benzene rings is 1. The fourth-order valence-electron chi connectivity index (χ4n) is 3.63. The number of hydrogen-bond donors (Lipinski definition) is 1. The number of carbonyl (C=O) groups excluding carboxylic acids is 1. The van der Waals surface area contributed by atoms with Crippen molar-refractivity contribution in [2.24, 2.45) is 5.92 Å². The normalized spacial score (nSPS) is 19.8. The number of rotatable bonds is 3. The molecule has 1 amide bonds. The van der Waals surface area contributed by atoms with Gasteiger partial charge in [0, 0.05) is 31.4 Å². The number of carboxylic acid groups (broad SMARTS) is 1. The number of imidazole rings is 1. The number of hydrogen-bond acceptors (Lipinski definition) is 3. The summed E-state index contributed by atoms with van der Waals surface area (Å²) >= 11 is 0. The van der Waals surface area contributed by atoms with E-state index in [1.807, 2.05) is 60.0 Å². The van der Waals surface area contributed by atoms with Gasteiger partial charge in [0.15, 0.2) is 0 Å². The molecule has 0 radical (unpaired) electrons. The molecule has 1 N–H and O–H groups in total. The third kappa shape index (κ3) is 2.83. The van der Waals surface area contributed by atoms with Crippen LogP contribution in [0.3, 0.4) is 0 Å². The number of nitrogens with zero attached hydrogens (tertiary/aromatic N) is 3. The van der Waals surface area contributed by atoms with E-state index in [4.69, 9.17) is 0 Å². The van der Waals surface area contributed by atoms with Crippen molar-refractivity contribution in [1.29, 1.82) is 0 Å². The summed E-state index contributed by atoms with van der Waals surface area (Å²) in [5, 5.41) is 9.60. The van der Waals surface area contributed by atoms with Crippen molar-refractivity contribution < 1.29 is 14.7 Å². The van der Waals surface area contributed by atoms with Gasteiger partial charge in [0.1, 0.15) is 11.3 Å². The highest BCUT2D eigenvalue weighted by molar-refractivity contribution is 5.93. The van der Waals surface area contributed by atoms with Crippen molar-refractivity contribution in [3.8, 4) is 0 Å². The fraction of sp³-hybridized carbons (Fsp3) is 0.250. The first-order valence-electron chi connectivity index (χ1n) is 8.55. The van der Waals surface area contributed by atoms with E-state index < -0.39 is 11.9 Å². The molecule has 6 heteroatoms. The van der Waals surface area contributed by atoms with Crippen LogP contribution in [0.1, 0.15) is 27.5 Å². The second-order valence-corrected chi connectivity index (χ2v) is 6.77. The molecule has 1 fully saturated rings. The third-order valence-electron chi connectivity index (χ3n) is 4.97. The van der Waals surface area contributed by atoms with Crippen molar-refractivity contribution in [2.75, 3.05) is 13.1 Å². The first-order valence-corrected chi connectivity index (χ1v) is 8.55. The van der Waals surface area contributed by atoms with Crippen LogP contribution in [0.4, 0.5) is 0 Å². The summed E-state index contributed by atoms with van der Waals surface area (Å²) in [5.41, 5.74) is 3.06. The van der Waals surface area contributed by atoms with E-state index in [1.165, 1.54) is 0 Å². The molecule has 2 atom stereocenters. The molecule has 3 aromatic rings. The molecule has 26 heavy (non-hydrogen) atoms. The van der Waals surface area contributed by atoms with Crippen molar-refractivity contribution in [3.63, 3.8) is 0 Å².